The van der Waals surface area contributed by atoms with E-state index >= 15 is 0 Å². The summed E-state index contributed by atoms with van der Waals surface area (Å²) >= 11 is 0. The van der Waals surface area contributed by atoms with Gasteiger partial charge < -0.3 is 9.84 Å². The topological polar surface area (TPSA) is 92.9 Å². The van der Waals surface area contributed by atoms with Crippen molar-refractivity contribution in [3.8, 4) is 0 Å². The molecule has 0 unspecified atom stereocenters. The normalized spacial score (nSPS) is 11.5. The minimum atomic E-state index is -1.19. The molecule has 23 heavy (non-hydrogen) atoms. The van der Waals surface area contributed by atoms with E-state index in [4.69, 9.17) is 10.6 Å². The number of carbonyl (C=O) groups is 2. The fourth-order valence-electron chi connectivity index (χ4n) is 2.06. The van der Waals surface area contributed by atoms with Gasteiger partial charge in [0, 0.05) is 6.42 Å². The lowest BCUT2D eigenvalue weighted by molar-refractivity contribution is -0.142. The fraction of sp³-hybridized carbons (Fsp3) is 0.176. The number of hydrogen-bond acceptors (Lipinski definition) is 4. The van der Waals surface area contributed by atoms with Gasteiger partial charge in [0.15, 0.2) is 6.04 Å². The van der Waals surface area contributed by atoms with Crippen LogP contribution in [-0.2, 0) is 22.6 Å². The number of carboxylic acids is 1. The first-order valence-electron chi connectivity index (χ1n) is 7.09. The summed E-state index contributed by atoms with van der Waals surface area (Å²) < 4.78 is 5.06. The van der Waals surface area contributed by atoms with Crippen LogP contribution in [-0.4, -0.2) is 28.2 Å². The molecule has 0 saturated heterocycles. The summed E-state index contributed by atoms with van der Waals surface area (Å²) in [6.45, 7) is 0.0328. The van der Waals surface area contributed by atoms with Gasteiger partial charge in [0.05, 0.1) is 0 Å². The van der Waals surface area contributed by atoms with E-state index in [9.17, 15) is 14.7 Å². The van der Waals surface area contributed by atoms with Crippen LogP contribution < -0.4 is 5.84 Å². The molecular weight excluding hydrogens is 296 g/mol. The first-order chi connectivity index (χ1) is 11.1. The molecule has 0 saturated carbocycles. The predicted molar refractivity (Wildman–Crippen MR) is 84.2 cm³/mol. The summed E-state index contributed by atoms with van der Waals surface area (Å²) in [5.74, 6) is 4.47. The van der Waals surface area contributed by atoms with Gasteiger partial charge in [-0.2, -0.15) is 0 Å². The van der Waals surface area contributed by atoms with E-state index in [0.717, 1.165) is 11.1 Å². The smallest absolute Gasteiger partial charge is 0.425 e. The van der Waals surface area contributed by atoms with Crippen molar-refractivity contribution in [1.29, 1.82) is 0 Å². The lowest BCUT2D eigenvalue weighted by Gasteiger charge is -2.23. The standard InChI is InChI=1S/C17H18N2O4/c18-19(17(22)23-12-14-9-5-2-6-10-14)15(16(20)21)11-13-7-3-1-4-8-13/h1-10,15H,11-12,18H2,(H,20,21)/t15-/m0/s1. The average Bonchev–Trinajstić information content (AvgIpc) is 2.58. The molecule has 0 spiro atoms. The maximum atomic E-state index is 12.0. The molecule has 0 aromatic heterocycles. The Balaban J connectivity index is 1.98. The van der Waals surface area contributed by atoms with E-state index in [1.54, 1.807) is 36.4 Å². The summed E-state index contributed by atoms with van der Waals surface area (Å²) in [7, 11) is 0. The Morgan fingerprint density at radius 3 is 2.04 bits per heavy atom. The summed E-state index contributed by atoms with van der Waals surface area (Å²) in [6, 6.07) is 16.9. The largest absolute Gasteiger partial charge is 0.480 e. The Kier molecular flexibility index (Phi) is 5.71. The van der Waals surface area contributed by atoms with Gasteiger partial charge in [-0.15, -0.1) is 0 Å². The minimum Gasteiger partial charge on any atom is -0.480 e. The summed E-state index contributed by atoms with van der Waals surface area (Å²) in [5.41, 5.74) is 1.57. The molecule has 0 aliphatic heterocycles. The highest BCUT2D eigenvalue weighted by molar-refractivity contribution is 5.79. The third-order valence-electron chi connectivity index (χ3n) is 3.31. The van der Waals surface area contributed by atoms with Crippen molar-refractivity contribution < 1.29 is 19.4 Å². The summed E-state index contributed by atoms with van der Waals surface area (Å²) in [4.78, 5) is 23.4. The molecule has 2 aromatic rings. The monoisotopic (exact) mass is 314 g/mol. The molecular formula is C17H18N2O4. The van der Waals surface area contributed by atoms with Crippen LogP contribution in [0.15, 0.2) is 60.7 Å². The third kappa shape index (κ3) is 4.82. The number of nitrogens with two attached hydrogens (primary N) is 1. The number of nitrogens with zero attached hydrogens (tertiary/aromatic N) is 1. The highest BCUT2D eigenvalue weighted by Crippen LogP contribution is 2.09. The molecule has 2 rings (SSSR count). The number of carbonyl (C=O) groups excluding carboxylic acids is 1. The van der Waals surface area contributed by atoms with Gasteiger partial charge in [-0.1, -0.05) is 60.7 Å². The third-order valence-corrected chi connectivity index (χ3v) is 3.31. The Hall–Kier alpha value is -2.86. The van der Waals surface area contributed by atoms with E-state index in [0.29, 0.717) is 5.01 Å². The average molecular weight is 314 g/mol. The SMILES string of the molecule is NN(C(=O)OCc1ccccc1)[C@@H](Cc1ccccc1)C(=O)O. The molecule has 1 atom stereocenters. The van der Waals surface area contributed by atoms with Crippen molar-refractivity contribution in [3.63, 3.8) is 0 Å². The molecule has 120 valence electrons. The van der Waals surface area contributed by atoms with Crippen molar-refractivity contribution in [2.75, 3.05) is 0 Å². The number of amides is 1. The van der Waals surface area contributed by atoms with Crippen LogP contribution in [0, 0.1) is 0 Å². The number of hydrogen-bond donors (Lipinski definition) is 2. The number of ether oxygens (including phenoxy) is 1. The second kappa shape index (κ2) is 7.95. The number of hydrazine groups is 1. The van der Waals surface area contributed by atoms with Gasteiger partial charge in [0.2, 0.25) is 0 Å². The van der Waals surface area contributed by atoms with Gasteiger partial charge in [-0.25, -0.2) is 20.4 Å². The Labute approximate surface area is 134 Å². The zero-order chi connectivity index (χ0) is 16.7. The number of carboxylic acid groups (broad SMARTS) is 1. The first kappa shape index (κ1) is 16.5. The van der Waals surface area contributed by atoms with Crippen molar-refractivity contribution >= 4 is 12.1 Å². The van der Waals surface area contributed by atoms with E-state index in [1.165, 1.54) is 0 Å². The van der Waals surface area contributed by atoms with Crippen molar-refractivity contribution in [3.05, 3.63) is 71.8 Å². The molecule has 0 radical (unpaired) electrons. The van der Waals surface area contributed by atoms with Crippen LogP contribution in [0.5, 0.6) is 0 Å². The second-order valence-corrected chi connectivity index (χ2v) is 4.99. The zero-order valence-electron chi connectivity index (χ0n) is 12.5. The number of benzene rings is 2. The summed E-state index contributed by atoms with van der Waals surface area (Å²) in [6.07, 6.45) is -0.773. The quantitative estimate of drug-likeness (QED) is 0.484. The minimum absolute atomic E-state index is 0.0328. The van der Waals surface area contributed by atoms with Crippen LogP contribution in [0.1, 0.15) is 11.1 Å². The van der Waals surface area contributed by atoms with Gasteiger partial charge >= 0.3 is 12.1 Å². The highest BCUT2D eigenvalue weighted by Gasteiger charge is 2.28. The van der Waals surface area contributed by atoms with E-state index < -0.39 is 18.1 Å². The maximum Gasteiger partial charge on any atom is 0.425 e. The molecule has 6 nitrogen and oxygen atoms in total. The van der Waals surface area contributed by atoms with Crippen molar-refractivity contribution in [1.82, 2.24) is 5.01 Å². The molecule has 3 N–H and O–H groups in total. The second-order valence-electron chi connectivity index (χ2n) is 4.99. The fourth-order valence-corrected chi connectivity index (χ4v) is 2.06. The predicted octanol–water partition coefficient (Wildman–Crippen LogP) is 2.19. The Morgan fingerprint density at radius 1 is 1.00 bits per heavy atom. The summed E-state index contributed by atoms with van der Waals surface area (Å²) in [5, 5.41) is 9.93. The molecule has 2 aromatic carbocycles. The van der Waals surface area contributed by atoms with Crippen LogP contribution in [0.25, 0.3) is 0 Å². The molecule has 0 bridgehead atoms. The lowest BCUT2D eigenvalue weighted by atomic mass is 10.1. The molecule has 0 aliphatic carbocycles. The van der Waals surface area contributed by atoms with E-state index in [1.807, 2.05) is 24.3 Å². The van der Waals surface area contributed by atoms with Gasteiger partial charge in [-0.3, -0.25) is 0 Å². The van der Waals surface area contributed by atoms with Crippen LogP contribution in [0.2, 0.25) is 0 Å². The number of rotatable bonds is 6. The van der Waals surface area contributed by atoms with Crippen LogP contribution in [0.4, 0.5) is 4.79 Å². The molecule has 0 aliphatic rings. The lowest BCUT2D eigenvalue weighted by Crippen LogP contribution is -2.50. The van der Waals surface area contributed by atoms with Crippen molar-refractivity contribution in [2.24, 2.45) is 5.84 Å². The van der Waals surface area contributed by atoms with E-state index in [-0.39, 0.29) is 13.0 Å². The zero-order valence-corrected chi connectivity index (χ0v) is 12.5. The Bertz CT molecular complexity index is 646. The van der Waals surface area contributed by atoms with Crippen molar-refractivity contribution in [2.45, 2.75) is 19.1 Å². The van der Waals surface area contributed by atoms with Gasteiger partial charge in [0.1, 0.15) is 6.61 Å². The van der Waals surface area contributed by atoms with Crippen LogP contribution in [0.3, 0.4) is 0 Å². The molecule has 1 amide bonds. The van der Waals surface area contributed by atoms with E-state index in [2.05, 4.69) is 0 Å². The highest BCUT2D eigenvalue weighted by atomic mass is 16.6. The maximum absolute atomic E-state index is 12.0. The Morgan fingerprint density at radius 2 is 1.52 bits per heavy atom. The first-order valence-corrected chi connectivity index (χ1v) is 7.09. The molecule has 6 heteroatoms. The molecule has 0 heterocycles. The molecule has 0 fully saturated rings. The van der Waals surface area contributed by atoms with Crippen LogP contribution >= 0.6 is 0 Å². The van der Waals surface area contributed by atoms with Gasteiger partial charge in [-0.05, 0) is 11.1 Å². The number of aliphatic carboxylic acids is 1. The van der Waals surface area contributed by atoms with Gasteiger partial charge in [0.25, 0.3) is 0 Å².